The Labute approximate surface area is 232 Å². The number of carbonyl (C=O) groups excluding carboxylic acids is 2. The molecule has 2 bridgehead atoms. The third-order valence-corrected chi connectivity index (χ3v) is 10.9. The van der Waals surface area contributed by atoms with Crippen molar-refractivity contribution in [3.05, 3.63) is 41.5 Å². The van der Waals surface area contributed by atoms with Crippen molar-refractivity contribution in [3.63, 3.8) is 0 Å². The Balaban J connectivity index is 1.35. The minimum atomic E-state index is -0.949. The highest BCUT2D eigenvalue weighted by Gasteiger charge is 2.56. The highest BCUT2D eigenvalue weighted by atomic mass is 16.5. The largest absolute Gasteiger partial charge is 0.486 e. The number of fused-ring (bicyclic) bond motifs is 5. The SMILES string of the molecule is CC1(C)[C@H]2CC[C@@H](CN(C(=O)CC3CCCC3)[C@@H]3C=C(C(=O)NCCO)[C@@H]4c5ccccc5O[C@@H]4[C@H]3O)[C@@H]1C2. The average molecular weight is 537 g/mol. The van der Waals surface area contributed by atoms with Crippen LogP contribution in [0.2, 0.25) is 0 Å². The van der Waals surface area contributed by atoms with Gasteiger partial charge in [-0.1, -0.05) is 44.9 Å². The number of carbonyl (C=O) groups is 2. The number of hydrogen-bond donors (Lipinski definition) is 3. The summed E-state index contributed by atoms with van der Waals surface area (Å²) in [4.78, 5) is 29.4. The van der Waals surface area contributed by atoms with E-state index in [4.69, 9.17) is 4.74 Å². The molecule has 6 aliphatic rings. The van der Waals surface area contributed by atoms with E-state index in [0.29, 0.717) is 47.5 Å². The second-order valence-electron chi connectivity index (χ2n) is 13.3. The molecule has 1 aliphatic heterocycles. The molecule has 0 unspecified atom stereocenters. The molecule has 0 radical (unpaired) electrons. The fourth-order valence-corrected chi connectivity index (χ4v) is 8.59. The fraction of sp³-hybridized carbons (Fsp3) is 0.688. The average Bonchev–Trinajstić information content (AvgIpc) is 3.59. The Kier molecular flexibility index (Phi) is 7.25. The molecule has 1 heterocycles. The van der Waals surface area contributed by atoms with Crippen molar-refractivity contribution >= 4 is 11.8 Å². The van der Waals surface area contributed by atoms with E-state index in [-0.39, 0.29) is 25.0 Å². The van der Waals surface area contributed by atoms with Crippen molar-refractivity contribution in [2.24, 2.45) is 29.1 Å². The maximum Gasteiger partial charge on any atom is 0.247 e. The van der Waals surface area contributed by atoms with Crippen molar-refractivity contribution in [1.29, 1.82) is 0 Å². The quantitative estimate of drug-likeness (QED) is 0.470. The molecule has 0 aromatic heterocycles. The van der Waals surface area contributed by atoms with E-state index in [2.05, 4.69) is 19.2 Å². The number of nitrogens with one attached hydrogen (secondary N) is 1. The summed E-state index contributed by atoms with van der Waals surface area (Å²) in [6.07, 6.45) is 8.79. The third kappa shape index (κ3) is 4.69. The van der Waals surface area contributed by atoms with Gasteiger partial charge < -0.3 is 25.2 Å². The highest BCUT2D eigenvalue weighted by Crippen LogP contribution is 2.61. The molecule has 4 saturated carbocycles. The van der Waals surface area contributed by atoms with Gasteiger partial charge in [0, 0.05) is 30.6 Å². The lowest BCUT2D eigenvalue weighted by molar-refractivity contribution is -0.147. The standard InChI is InChI=1S/C32H44N2O5/c1-32(2)21-12-11-20(24(32)16-21)18-34(27(36)15-19-7-3-4-8-19)25-17-23(31(38)33-13-14-35)28-22-9-5-6-10-26(22)39-30(28)29(25)37/h5-6,9-10,17,19-21,24-25,28-30,35,37H,3-4,7-8,11-16,18H2,1-2H3,(H,33,38)/t20-,21-,24-,25+,28-,29-,30-/m0/s1. The van der Waals surface area contributed by atoms with Gasteiger partial charge in [-0.15, -0.1) is 0 Å². The Hall–Kier alpha value is -2.38. The molecular weight excluding hydrogens is 492 g/mol. The van der Waals surface area contributed by atoms with Crippen molar-refractivity contribution in [1.82, 2.24) is 10.2 Å². The van der Waals surface area contributed by atoms with Gasteiger partial charge in [-0.2, -0.15) is 0 Å². The molecule has 7 atom stereocenters. The fourth-order valence-electron chi connectivity index (χ4n) is 8.59. The zero-order chi connectivity index (χ0) is 27.3. The van der Waals surface area contributed by atoms with E-state index in [1.54, 1.807) is 0 Å². The molecule has 7 nitrogen and oxygen atoms in total. The van der Waals surface area contributed by atoms with Crippen LogP contribution in [0.5, 0.6) is 5.75 Å². The van der Waals surface area contributed by atoms with Gasteiger partial charge in [0.15, 0.2) is 0 Å². The van der Waals surface area contributed by atoms with Gasteiger partial charge in [-0.3, -0.25) is 9.59 Å². The number of hydrogen-bond acceptors (Lipinski definition) is 5. The number of aliphatic hydroxyl groups is 2. The predicted molar refractivity (Wildman–Crippen MR) is 148 cm³/mol. The van der Waals surface area contributed by atoms with Crippen LogP contribution >= 0.6 is 0 Å². The topological polar surface area (TPSA) is 99.1 Å². The van der Waals surface area contributed by atoms with Gasteiger partial charge in [0.1, 0.15) is 18.0 Å². The summed E-state index contributed by atoms with van der Waals surface area (Å²) >= 11 is 0. The molecule has 0 saturated heterocycles. The van der Waals surface area contributed by atoms with Crippen molar-refractivity contribution in [2.75, 3.05) is 19.7 Å². The van der Waals surface area contributed by atoms with Gasteiger partial charge in [-0.25, -0.2) is 0 Å². The molecule has 7 heteroatoms. The van der Waals surface area contributed by atoms with E-state index in [9.17, 15) is 19.8 Å². The molecule has 7 rings (SSSR count). The highest BCUT2D eigenvalue weighted by molar-refractivity contribution is 5.96. The predicted octanol–water partition coefficient (Wildman–Crippen LogP) is 3.79. The van der Waals surface area contributed by atoms with Crippen LogP contribution in [0.4, 0.5) is 0 Å². The minimum Gasteiger partial charge on any atom is -0.486 e. The van der Waals surface area contributed by atoms with Crippen LogP contribution in [0, 0.1) is 29.1 Å². The van der Waals surface area contributed by atoms with E-state index in [1.165, 1.54) is 25.7 Å². The first kappa shape index (κ1) is 26.8. The summed E-state index contributed by atoms with van der Waals surface area (Å²) in [5.74, 6) is 2.21. The van der Waals surface area contributed by atoms with Crippen LogP contribution in [0.1, 0.15) is 76.7 Å². The summed E-state index contributed by atoms with van der Waals surface area (Å²) in [5.41, 5.74) is 1.68. The third-order valence-electron chi connectivity index (χ3n) is 10.9. The Morgan fingerprint density at radius 1 is 1.13 bits per heavy atom. The monoisotopic (exact) mass is 536 g/mol. The number of rotatable bonds is 8. The number of para-hydroxylation sites is 1. The zero-order valence-electron chi connectivity index (χ0n) is 23.4. The smallest absolute Gasteiger partial charge is 0.247 e. The molecule has 1 aromatic carbocycles. The number of amides is 2. The van der Waals surface area contributed by atoms with Gasteiger partial charge in [-0.05, 0) is 73.3 Å². The van der Waals surface area contributed by atoms with E-state index < -0.39 is 24.2 Å². The summed E-state index contributed by atoms with van der Waals surface area (Å²) in [6.45, 7) is 5.35. The van der Waals surface area contributed by atoms with Crippen LogP contribution in [-0.2, 0) is 9.59 Å². The normalized spacial score (nSPS) is 34.3. The lowest BCUT2D eigenvalue weighted by Crippen LogP contribution is -2.59. The molecule has 3 N–H and O–H groups in total. The second kappa shape index (κ2) is 10.5. The maximum absolute atomic E-state index is 14.1. The maximum atomic E-state index is 14.1. The van der Waals surface area contributed by atoms with Gasteiger partial charge in [0.05, 0.1) is 18.6 Å². The Morgan fingerprint density at radius 3 is 2.62 bits per heavy atom. The zero-order valence-corrected chi connectivity index (χ0v) is 23.4. The van der Waals surface area contributed by atoms with E-state index in [0.717, 1.165) is 30.7 Å². The molecule has 2 amide bonds. The van der Waals surface area contributed by atoms with Crippen molar-refractivity contribution < 1.29 is 24.5 Å². The Morgan fingerprint density at radius 2 is 1.90 bits per heavy atom. The Bertz CT molecular complexity index is 1120. The molecule has 4 fully saturated rings. The molecular formula is C32H44N2O5. The van der Waals surface area contributed by atoms with Crippen LogP contribution < -0.4 is 10.1 Å². The first-order valence-electron chi connectivity index (χ1n) is 15.1. The minimum absolute atomic E-state index is 0.0885. The molecule has 0 spiro atoms. The van der Waals surface area contributed by atoms with Gasteiger partial charge in [0.2, 0.25) is 11.8 Å². The molecule has 39 heavy (non-hydrogen) atoms. The number of benzene rings is 1. The van der Waals surface area contributed by atoms with Crippen LogP contribution in [0.3, 0.4) is 0 Å². The van der Waals surface area contributed by atoms with Crippen LogP contribution in [0.25, 0.3) is 0 Å². The van der Waals surface area contributed by atoms with E-state index >= 15 is 0 Å². The first-order valence-corrected chi connectivity index (χ1v) is 15.1. The second-order valence-corrected chi connectivity index (χ2v) is 13.3. The number of ether oxygens (including phenoxy) is 1. The number of aliphatic hydroxyl groups excluding tert-OH is 2. The van der Waals surface area contributed by atoms with Crippen LogP contribution in [-0.4, -0.2) is 64.9 Å². The van der Waals surface area contributed by atoms with Crippen LogP contribution in [0.15, 0.2) is 35.9 Å². The summed E-state index contributed by atoms with van der Waals surface area (Å²) in [7, 11) is 0. The van der Waals surface area contributed by atoms with E-state index in [1.807, 2.05) is 35.2 Å². The lowest BCUT2D eigenvalue weighted by atomic mass is 9.45. The van der Waals surface area contributed by atoms with Crippen molar-refractivity contribution in [2.45, 2.75) is 89.4 Å². The first-order chi connectivity index (χ1) is 18.8. The van der Waals surface area contributed by atoms with Crippen molar-refractivity contribution in [3.8, 4) is 5.75 Å². The van der Waals surface area contributed by atoms with Gasteiger partial charge >= 0.3 is 0 Å². The molecule has 212 valence electrons. The lowest BCUT2D eigenvalue weighted by Gasteiger charge is -2.61. The summed E-state index contributed by atoms with van der Waals surface area (Å²) in [5, 5.41) is 24.0. The molecule has 1 aromatic rings. The summed E-state index contributed by atoms with van der Waals surface area (Å²) in [6, 6.07) is 6.99. The van der Waals surface area contributed by atoms with Gasteiger partial charge in [0.25, 0.3) is 0 Å². The number of nitrogens with zero attached hydrogens (tertiary/aromatic N) is 1. The molecule has 5 aliphatic carbocycles. The summed E-state index contributed by atoms with van der Waals surface area (Å²) < 4.78 is 6.30.